The summed E-state index contributed by atoms with van der Waals surface area (Å²) in [6.07, 6.45) is 6.21. The van der Waals surface area contributed by atoms with Gasteiger partial charge in [-0.05, 0) is 85.7 Å². The van der Waals surface area contributed by atoms with Gasteiger partial charge in [-0.2, -0.15) is 12.7 Å². The minimum absolute atomic E-state index is 0.0608. The average molecular weight is 743 g/mol. The van der Waals surface area contributed by atoms with Gasteiger partial charge in [0, 0.05) is 54.1 Å². The SMILES string of the molecule is C#CC#CC#CC#CN1C(C(=Nc2ccc(N(CC)CCNS(C)(=O)=O)cc2C)C(=O)Nc2cc(Cl)ccc2OC)=Nc2ccccc2S1(=O)=O. The summed E-state index contributed by atoms with van der Waals surface area (Å²) in [4.78, 5) is 25.3. The first-order valence-electron chi connectivity index (χ1n) is 15.0. The van der Waals surface area contributed by atoms with Gasteiger partial charge in [-0.3, -0.25) is 4.79 Å². The molecule has 12 nitrogen and oxygen atoms in total. The average Bonchev–Trinajstić information content (AvgIpc) is 3.08. The van der Waals surface area contributed by atoms with Gasteiger partial charge >= 0.3 is 0 Å². The molecule has 0 fully saturated rings. The first kappa shape index (κ1) is 38.1. The Balaban J connectivity index is 1.90. The number of methoxy groups -OCH3 is 1. The van der Waals surface area contributed by atoms with Crippen LogP contribution in [0.4, 0.5) is 22.7 Å². The second-order valence-electron chi connectivity index (χ2n) is 10.5. The van der Waals surface area contributed by atoms with E-state index in [1.54, 1.807) is 37.3 Å². The maximum Gasteiger partial charge on any atom is 0.279 e. The number of terminal acetylenes is 1. The molecular weight excluding hydrogens is 712 g/mol. The molecule has 0 bridgehead atoms. The molecule has 1 heterocycles. The van der Waals surface area contributed by atoms with Crippen LogP contribution in [0.3, 0.4) is 0 Å². The number of likely N-dealkylation sites (N-methyl/N-ethyl adjacent to an activating group) is 1. The Morgan fingerprint density at radius 2 is 1.80 bits per heavy atom. The molecule has 1 amide bonds. The lowest BCUT2D eigenvalue weighted by Crippen LogP contribution is -2.44. The number of aliphatic imine (C=N–C) groups is 2. The summed E-state index contributed by atoms with van der Waals surface area (Å²) in [5.41, 5.74) is 1.53. The number of anilines is 2. The van der Waals surface area contributed by atoms with Gasteiger partial charge in [0.15, 0.2) is 11.5 Å². The van der Waals surface area contributed by atoms with Gasteiger partial charge < -0.3 is 15.0 Å². The van der Waals surface area contributed by atoms with E-state index in [-0.39, 0.29) is 28.6 Å². The zero-order valence-corrected chi connectivity index (χ0v) is 30.3. The Morgan fingerprint density at radius 3 is 2.49 bits per heavy atom. The number of nitrogens with zero attached hydrogens (tertiary/aromatic N) is 4. The van der Waals surface area contributed by atoms with Crippen molar-refractivity contribution in [2.75, 3.05) is 43.2 Å². The van der Waals surface area contributed by atoms with Crippen LogP contribution in [0.5, 0.6) is 5.75 Å². The number of ether oxygens (including phenoxy) is 1. The number of para-hydroxylation sites is 1. The van der Waals surface area contributed by atoms with Crippen molar-refractivity contribution in [3.05, 3.63) is 71.2 Å². The fourth-order valence-corrected chi connectivity index (χ4v) is 6.67. The van der Waals surface area contributed by atoms with Gasteiger partial charge in [-0.1, -0.05) is 23.7 Å². The Kier molecular flexibility index (Phi) is 12.5. The predicted octanol–water partition coefficient (Wildman–Crippen LogP) is 4.08. The fourth-order valence-electron chi connectivity index (χ4n) is 4.69. The molecule has 1 aliphatic rings. The third-order valence-corrected chi connectivity index (χ3v) is 9.63. The first-order chi connectivity index (χ1) is 24.3. The third-order valence-electron chi connectivity index (χ3n) is 7.02. The predicted molar refractivity (Wildman–Crippen MR) is 200 cm³/mol. The summed E-state index contributed by atoms with van der Waals surface area (Å²) >= 11 is 6.22. The van der Waals surface area contributed by atoms with Crippen LogP contribution < -0.4 is 19.7 Å². The van der Waals surface area contributed by atoms with E-state index in [9.17, 15) is 21.6 Å². The second-order valence-corrected chi connectivity index (χ2v) is 14.6. The van der Waals surface area contributed by atoms with Crippen LogP contribution in [0.1, 0.15) is 12.5 Å². The van der Waals surface area contributed by atoms with Crippen LogP contribution in [0.15, 0.2) is 75.5 Å². The van der Waals surface area contributed by atoms with E-state index in [1.165, 1.54) is 31.4 Å². The van der Waals surface area contributed by atoms with Crippen molar-refractivity contribution in [2.24, 2.45) is 9.98 Å². The van der Waals surface area contributed by atoms with E-state index in [0.29, 0.717) is 33.7 Å². The molecule has 3 aromatic rings. The molecule has 260 valence electrons. The Morgan fingerprint density at radius 1 is 1.08 bits per heavy atom. The first-order valence-corrected chi connectivity index (χ1v) is 18.7. The van der Waals surface area contributed by atoms with Crippen molar-refractivity contribution in [3.8, 4) is 53.7 Å². The molecule has 15 heteroatoms. The molecule has 0 aromatic heterocycles. The molecule has 1 aliphatic heterocycles. The van der Waals surface area contributed by atoms with Gasteiger partial charge in [-0.25, -0.2) is 23.1 Å². The number of nitrogens with one attached hydrogen (secondary N) is 2. The molecule has 0 saturated heterocycles. The van der Waals surface area contributed by atoms with E-state index < -0.39 is 37.5 Å². The Hall–Kier alpha value is -5.74. The normalized spacial score (nSPS) is 13.0. The van der Waals surface area contributed by atoms with Crippen LogP contribution in [-0.2, 0) is 24.8 Å². The summed E-state index contributed by atoms with van der Waals surface area (Å²) in [5, 5.41) is 3.02. The van der Waals surface area contributed by atoms with Crippen LogP contribution >= 0.6 is 11.6 Å². The lowest BCUT2D eigenvalue weighted by molar-refractivity contribution is -0.110. The lowest BCUT2D eigenvalue weighted by Gasteiger charge is -2.26. The number of sulfonamides is 2. The van der Waals surface area contributed by atoms with E-state index in [1.807, 2.05) is 17.9 Å². The van der Waals surface area contributed by atoms with Crippen molar-refractivity contribution in [3.63, 3.8) is 0 Å². The van der Waals surface area contributed by atoms with Gasteiger partial charge in [-0.15, -0.1) is 6.42 Å². The van der Waals surface area contributed by atoms with Crippen molar-refractivity contribution < 1.29 is 26.4 Å². The zero-order chi connectivity index (χ0) is 37.2. The number of hydrogen-bond donors (Lipinski definition) is 2. The molecule has 0 unspecified atom stereocenters. The summed E-state index contributed by atoms with van der Waals surface area (Å²) in [7, 11) is -6.36. The van der Waals surface area contributed by atoms with Crippen molar-refractivity contribution >= 4 is 71.9 Å². The molecule has 4 rings (SSSR count). The molecule has 0 aliphatic carbocycles. The van der Waals surface area contributed by atoms with Crippen molar-refractivity contribution in [1.82, 2.24) is 9.03 Å². The number of fused-ring (bicyclic) bond motifs is 1. The molecule has 3 aromatic carbocycles. The lowest BCUT2D eigenvalue weighted by atomic mass is 10.1. The number of carbonyl (C=O) groups excluding carboxylic acids is 1. The van der Waals surface area contributed by atoms with E-state index >= 15 is 0 Å². The van der Waals surface area contributed by atoms with Gasteiger partial charge in [0.25, 0.3) is 15.9 Å². The highest BCUT2D eigenvalue weighted by Gasteiger charge is 2.38. The topological polar surface area (TPSA) is 150 Å². The Labute approximate surface area is 303 Å². The minimum Gasteiger partial charge on any atom is -0.495 e. The summed E-state index contributed by atoms with van der Waals surface area (Å²) < 4.78 is 59.7. The smallest absolute Gasteiger partial charge is 0.279 e. The van der Waals surface area contributed by atoms with E-state index in [4.69, 9.17) is 22.8 Å². The highest BCUT2D eigenvalue weighted by atomic mass is 35.5. The van der Waals surface area contributed by atoms with E-state index in [0.717, 1.165) is 11.9 Å². The number of amides is 1. The molecule has 51 heavy (non-hydrogen) atoms. The second kappa shape index (κ2) is 16.8. The molecule has 0 saturated carbocycles. The Bertz CT molecular complexity index is 2390. The van der Waals surface area contributed by atoms with Crippen LogP contribution in [0.2, 0.25) is 5.02 Å². The maximum atomic E-state index is 14.2. The van der Waals surface area contributed by atoms with Gasteiger partial charge in [0.2, 0.25) is 10.0 Å². The largest absolute Gasteiger partial charge is 0.495 e. The van der Waals surface area contributed by atoms with Gasteiger partial charge in [0.05, 0.1) is 30.4 Å². The summed E-state index contributed by atoms with van der Waals surface area (Å²) in [5.74, 6) is 13.1. The molecule has 0 atom stereocenters. The molecule has 0 radical (unpaired) electrons. The monoisotopic (exact) mass is 742 g/mol. The van der Waals surface area contributed by atoms with Crippen LogP contribution in [-0.4, -0.2) is 71.6 Å². The molecular formula is C36H31ClN6O6S2. The number of amidine groups is 1. The van der Waals surface area contributed by atoms with E-state index in [2.05, 4.69) is 61.6 Å². The number of aryl methyl sites for hydroxylation is 1. The van der Waals surface area contributed by atoms with Crippen molar-refractivity contribution in [2.45, 2.75) is 18.7 Å². The standard InChI is InChI=1S/C36H31ClN6O6S2/c1-6-8-9-10-11-14-22-43-35(40-30-15-12-13-16-33(30)51(43,47)48)34(36(44)41-31-25-27(37)17-20-32(31)49-4)39-29-19-18-28(24-26(29)3)42(7-2)23-21-38-50(5,45)46/h1,12-13,15-20,24-25,38H,7,21,23H2,2-5H3,(H,41,44). The number of halogens is 1. The highest BCUT2D eigenvalue weighted by Crippen LogP contribution is 2.34. The van der Waals surface area contributed by atoms with Crippen LogP contribution in [0.25, 0.3) is 0 Å². The van der Waals surface area contributed by atoms with Crippen LogP contribution in [0, 0.1) is 54.9 Å². The van der Waals surface area contributed by atoms with Crippen molar-refractivity contribution in [1.29, 1.82) is 0 Å². The number of rotatable bonds is 11. The number of carbonyl (C=O) groups is 1. The maximum absolute atomic E-state index is 14.2. The molecule has 0 spiro atoms. The summed E-state index contributed by atoms with van der Waals surface area (Å²) in [6, 6.07) is 18.3. The summed E-state index contributed by atoms with van der Waals surface area (Å²) in [6.45, 7) is 4.84. The number of benzene rings is 3. The highest BCUT2D eigenvalue weighted by molar-refractivity contribution is 7.90. The third kappa shape index (κ3) is 9.70. The fraction of sp³-hybridized carbons (Fsp3) is 0.194. The zero-order valence-electron chi connectivity index (χ0n) is 27.9. The minimum atomic E-state index is -4.41. The quantitative estimate of drug-likeness (QED) is 0.222. The van der Waals surface area contributed by atoms with Gasteiger partial charge in [0.1, 0.15) is 10.6 Å². The molecule has 2 N–H and O–H groups in total. The number of hydrogen-bond acceptors (Lipinski definition) is 9.